The molecule has 0 unspecified atom stereocenters. The lowest BCUT2D eigenvalue weighted by atomic mass is 9.94. The zero-order valence-electron chi connectivity index (χ0n) is 15.2. The third-order valence-electron chi connectivity index (χ3n) is 5.08. The van der Waals surface area contributed by atoms with E-state index in [0.29, 0.717) is 0 Å². The second-order valence-corrected chi connectivity index (χ2v) is 7.46. The summed E-state index contributed by atoms with van der Waals surface area (Å²) in [5, 5.41) is 6.13. The quantitative estimate of drug-likeness (QED) is 0.409. The van der Waals surface area contributed by atoms with Crippen molar-refractivity contribution in [3.8, 4) is 16.9 Å². The van der Waals surface area contributed by atoms with E-state index < -0.39 is 0 Å². The van der Waals surface area contributed by atoms with Gasteiger partial charge in [0.15, 0.2) is 5.78 Å². The number of aromatic amines is 1. The monoisotopic (exact) mass is 383 g/mol. The number of aromatic nitrogens is 3. The molecule has 1 N–H and O–H groups in total. The normalized spacial score (nSPS) is 11.2. The van der Waals surface area contributed by atoms with Gasteiger partial charge in [-0.05, 0) is 34.7 Å². The maximum Gasteiger partial charge on any atom is 0.196 e. The molecule has 3 aromatic heterocycles. The van der Waals surface area contributed by atoms with Gasteiger partial charge in [-0.15, -0.1) is 0 Å². The van der Waals surface area contributed by atoms with Gasteiger partial charge in [0.25, 0.3) is 0 Å². The molecule has 0 spiro atoms. The molecule has 2 aromatic carbocycles. The molecule has 28 heavy (non-hydrogen) atoms. The van der Waals surface area contributed by atoms with Gasteiger partial charge in [-0.2, -0.15) is 11.3 Å². The fourth-order valence-corrected chi connectivity index (χ4v) is 4.36. The first-order chi connectivity index (χ1) is 13.7. The van der Waals surface area contributed by atoms with E-state index in [-0.39, 0.29) is 5.78 Å². The van der Waals surface area contributed by atoms with Crippen molar-refractivity contribution in [2.24, 2.45) is 0 Å². The minimum atomic E-state index is 0.0416. The summed E-state index contributed by atoms with van der Waals surface area (Å²) in [6, 6.07) is 16.4. The van der Waals surface area contributed by atoms with Gasteiger partial charge in [0.1, 0.15) is 5.82 Å². The molecule has 0 aliphatic rings. The van der Waals surface area contributed by atoms with Gasteiger partial charge in [-0.1, -0.05) is 42.5 Å². The number of carbonyl (C=O) groups is 1. The summed E-state index contributed by atoms with van der Waals surface area (Å²) in [7, 11) is 0. The predicted octanol–water partition coefficient (Wildman–Crippen LogP) is 5.62. The molecule has 5 aromatic rings. The Morgan fingerprint density at radius 1 is 1.07 bits per heavy atom. The third-order valence-corrected chi connectivity index (χ3v) is 5.77. The maximum atomic E-state index is 13.4. The Bertz CT molecular complexity index is 1280. The zero-order valence-corrected chi connectivity index (χ0v) is 16.0. The number of fused-ring (bicyclic) bond motifs is 1. The average molecular weight is 383 g/mol. The Balaban J connectivity index is 1.81. The summed E-state index contributed by atoms with van der Waals surface area (Å²) in [4.78, 5) is 20.7. The number of ketones is 1. The van der Waals surface area contributed by atoms with Crippen LogP contribution >= 0.6 is 11.3 Å². The maximum absolute atomic E-state index is 13.4. The molecule has 0 bridgehead atoms. The van der Waals surface area contributed by atoms with E-state index in [4.69, 9.17) is 0 Å². The van der Waals surface area contributed by atoms with Crippen LogP contribution in [0.15, 0.2) is 78.0 Å². The van der Waals surface area contributed by atoms with Gasteiger partial charge in [0.05, 0.1) is 18.1 Å². The smallest absolute Gasteiger partial charge is 0.196 e. The van der Waals surface area contributed by atoms with Crippen molar-refractivity contribution < 1.29 is 4.79 Å². The fourth-order valence-electron chi connectivity index (χ4n) is 3.73. The number of H-pyrrole nitrogens is 1. The third kappa shape index (κ3) is 2.60. The highest BCUT2D eigenvalue weighted by atomic mass is 32.1. The van der Waals surface area contributed by atoms with Crippen LogP contribution < -0.4 is 0 Å². The van der Waals surface area contributed by atoms with Crippen LogP contribution in [0.25, 0.3) is 27.7 Å². The molecule has 0 radical (unpaired) electrons. The summed E-state index contributed by atoms with van der Waals surface area (Å²) in [5.41, 5.74) is 4.32. The van der Waals surface area contributed by atoms with Crippen LogP contribution in [0, 0.1) is 6.92 Å². The van der Waals surface area contributed by atoms with Gasteiger partial charge < -0.3 is 9.55 Å². The number of nitrogens with one attached hydrogen (secondary N) is 1. The molecule has 0 atom stereocenters. The Labute approximate surface area is 166 Å². The molecule has 0 saturated heterocycles. The minimum absolute atomic E-state index is 0.0416. The summed E-state index contributed by atoms with van der Waals surface area (Å²) in [6.45, 7) is 1.98. The Morgan fingerprint density at radius 2 is 1.93 bits per heavy atom. The first-order valence-corrected chi connectivity index (χ1v) is 9.94. The van der Waals surface area contributed by atoms with Crippen molar-refractivity contribution in [2.75, 3.05) is 0 Å². The van der Waals surface area contributed by atoms with E-state index in [1.807, 2.05) is 52.7 Å². The molecule has 0 aliphatic carbocycles. The number of benzene rings is 2. The molecule has 136 valence electrons. The summed E-state index contributed by atoms with van der Waals surface area (Å²) in [6.07, 6.45) is 5.44. The van der Waals surface area contributed by atoms with Crippen molar-refractivity contribution in [2.45, 2.75) is 6.92 Å². The molecular weight excluding hydrogens is 366 g/mol. The van der Waals surface area contributed by atoms with Crippen molar-refractivity contribution in [3.05, 3.63) is 94.8 Å². The second-order valence-electron chi connectivity index (χ2n) is 6.68. The van der Waals surface area contributed by atoms with Crippen LogP contribution in [0.1, 0.15) is 21.6 Å². The number of thiophene rings is 1. The minimum Gasteiger partial charge on any atom is -0.331 e. The predicted molar refractivity (Wildman–Crippen MR) is 113 cm³/mol. The van der Waals surface area contributed by atoms with Gasteiger partial charge in [-0.25, -0.2) is 4.98 Å². The van der Waals surface area contributed by atoms with E-state index in [1.54, 1.807) is 12.5 Å². The van der Waals surface area contributed by atoms with E-state index in [0.717, 1.165) is 44.5 Å². The first kappa shape index (κ1) is 16.7. The number of hydrogen-bond acceptors (Lipinski definition) is 3. The standard InChI is InChI=1S/C23H17N3OS/c1-15-22(23(27)17-9-10-28-13-17)20(12-26(15)21-11-24-14-25-21)19-8-4-6-16-5-2-3-7-18(16)19/h2-14H,1H3,(H,24,25). The highest BCUT2D eigenvalue weighted by Gasteiger charge is 2.23. The topological polar surface area (TPSA) is 50.7 Å². The van der Waals surface area contributed by atoms with E-state index in [9.17, 15) is 4.79 Å². The molecular formula is C23H17N3OS. The molecule has 3 heterocycles. The van der Waals surface area contributed by atoms with E-state index >= 15 is 0 Å². The lowest BCUT2D eigenvalue weighted by Gasteiger charge is -2.08. The Morgan fingerprint density at radius 3 is 2.71 bits per heavy atom. The lowest BCUT2D eigenvalue weighted by molar-refractivity contribution is 0.103. The molecule has 5 rings (SSSR count). The second kappa shape index (κ2) is 6.62. The van der Waals surface area contributed by atoms with Crippen molar-refractivity contribution in [1.29, 1.82) is 0 Å². The number of imidazole rings is 1. The van der Waals surface area contributed by atoms with Crippen molar-refractivity contribution in [1.82, 2.24) is 14.5 Å². The van der Waals surface area contributed by atoms with Crippen LogP contribution in [-0.4, -0.2) is 20.3 Å². The van der Waals surface area contributed by atoms with Gasteiger partial charge in [0, 0.05) is 28.4 Å². The highest BCUT2D eigenvalue weighted by molar-refractivity contribution is 7.08. The number of rotatable bonds is 4. The molecule has 5 heteroatoms. The Kier molecular flexibility index (Phi) is 3.95. The SMILES string of the molecule is Cc1c(C(=O)c2ccsc2)c(-c2cccc3ccccc23)cn1-c1cnc[nH]1. The van der Waals surface area contributed by atoms with E-state index in [1.165, 1.54) is 11.3 Å². The summed E-state index contributed by atoms with van der Waals surface area (Å²) < 4.78 is 2.00. The van der Waals surface area contributed by atoms with Gasteiger partial charge in [-0.3, -0.25) is 4.79 Å². The summed E-state index contributed by atoms with van der Waals surface area (Å²) in [5.74, 6) is 0.878. The van der Waals surface area contributed by atoms with Crippen LogP contribution in [-0.2, 0) is 0 Å². The molecule has 0 saturated carbocycles. The molecule has 0 amide bonds. The molecule has 4 nitrogen and oxygen atoms in total. The van der Waals surface area contributed by atoms with Gasteiger partial charge >= 0.3 is 0 Å². The fraction of sp³-hybridized carbons (Fsp3) is 0.0435. The van der Waals surface area contributed by atoms with Crippen molar-refractivity contribution >= 4 is 27.9 Å². The van der Waals surface area contributed by atoms with E-state index in [2.05, 4.69) is 34.2 Å². The van der Waals surface area contributed by atoms with Crippen molar-refractivity contribution in [3.63, 3.8) is 0 Å². The molecule has 0 fully saturated rings. The largest absolute Gasteiger partial charge is 0.331 e. The number of carbonyl (C=O) groups excluding carboxylic acids is 1. The van der Waals surface area contributed by atoms with Crippen LogP contribution in [0.3, 0.4) is 0 Å². The summed E-state index contributed by atoms with van der Waals surface area (Å²) >= 11 is 1.53. The van der Waals surface area contributed by atoms with Crippen LogP contribution in [0.4, 0.5) is 0 Å². The number of nitrogens with zero attached hydrogens (tertiary/aromatic N) is 2. The zero-order chi connectivity index (χ0) is 19.1. The molecule has 0 aliphatic heterocycles. The van der Waals surface area contributed by atoms with Crippen LogP contribution in [0.2, 0.25) is 0 Å². The lowest BCUT2D eigenvalue weighted by Crippen LogP contribution is -2.04. The number of hydrogen-bond donors (Lipinski definition) is 1. The highest BCUT2D eigenvalue weighted by Crippen LogP contribution is 2.36. The average Bonchev–Trinajstić information content (AvgIpc) is 3.48. The Hall–Kier alpha value is -3.44. The van der Waals surface area contributed by atoms with Gasteiger partial charge in [0.2, 0.25) is 0 Å². The van der Waals surface area contributed by atoms with Crippen LogP contribution in [0.5, 0.6) is 0 Å². The first-order valence-electron chi connectivity index (χ1n) is 9.00.